The molecule has 0 bridgehead atoms. The lowest BCUT2D eigenvalue weighted by molar-refractivity contribution is -0.116. The van der Waals surface area contributed by atoms with E-state index in [1.807, 2.05) is 24.3 Å². The van der Waals surface area contributed by atoms with Crippen LogP contribution in [0.15, 0.2) is 28.7 Å². The fourth-order valence-corrected chi connectivity index (χ4v) is 2.91. The molecule has 1 unspecified atom stereocenters. The molecule has 4 heteroatoms. The standard InChI is InChI=1S/C15H21BrN2O/c1-12-5-4-9-18(11-12)10-8-15(19)17-14-7-3-2-6-13(14)16/h2-3,6-7,12H,4-5,8-11H2,1H3,(H,17,19). The van der Waals surface area contributed by atoms with E-state index in [2.05, 4.69) is 33.1 Å². The quantitative estimate of drug-likeness (QED) is 0.919. The summed E-state index contributed by atoms with van der Waals surface area (Å²) < 4.78 is 0.926. The van der Waals surface area contributed by atoms with Crippen LogP contribution in [0.1, 0.15) is 26.2 Å². The smallest absolute Gasteiger partial charge is 0.225 e. The molecule has 104 valence electrons. The van der Waals surface area contributed by atoms with Crippen LogP contribution >= 0.6 is 15.9 Å². The molecule has 19 heavy (non-hydrogen) atoms. The Morgan fingerprint density at radius 3 is 3.00 bits per heavy atom. The molecule has 1 heterocycles. The maximum Gasteiger partial charge on any atom is 0.225 e. The SMILES string of the molecule is CC1CCCN(CCC(=O)Nc2ccccc2Br)C1. The van der Waals surface area contributed by atoms with E-state index in [0.29, 0.717) is 6.42 Å². The minimum Gasteiger partial charge on any atom is -0.325 e. The summed E-state index contributed by atoms with van der Waals surface area (Å²) in [5, 5.41) is 2.95. The lowest BCUT2D eigenvalue weighted by Crippen LogP contribution is -2.36. The van der Waals surface area contributed by atoms with Crippen LogP contribution in [0, 0.1) is 5.92 Å². The molecule has 1 atom stereocenters. The third kappa shape index (κ3) is 4.62. The van der Waals surface area contributed by atoms with E-state index in [1.165, 1.54) is 12.8 Å². The number of nitrogens with zero attached hydrogens (tertiary/aromatic N) is 1. The Morgan fingerprint density at radius 1 is 1.47 bits per heavy atom. The summed E-state index contributed by atoms with van der Waals surface area (Å²) in [5.41, 5.74) is 0.847. The first kappa shape index (κ1) is 14.5. The van der Waals surface area contributed by atoms with E-state index >= 15 is 0 Å². The minimum absolute atomic E-state index is 0.0881. The zero-order valence-corrected chi connectivity index (χ0v) is 12.9. The Labute approximate surface area is 123 Å². The molecule has 0 aliphatic carbocycles. The van der Waals surface area contributed by atoms with E-state index in [4.69, 9.17) is 0 Å². The van der Waals surface area contributed by atoms with Crippen molar-refractivity contribution in [3.8, 4) is 0 Å². The maximum atomic E-state index is 11.9. The second kappa shape index (κ2) is 7.06. The van der Waals surface area contributed by atoms with Gasteiger partial charge in [-0.1, -0.05) is 19.1 Å². The van der Waals surface area contributed by atoms with E-state index in [0.717, 1.165) is 35.7 Å². The van der Waals surface area contributed by atoms with Crippen LogP contribution in [0.5, 0.6) is 0 Å². The molecule has 2 rings (SSSR count). The number of likely N-dealkylation sites (tertiary alicyclic amines) is 1. The van der Waals surface area contributed by atoms with Gasteiger partial charge in [-0.3, -0.25) is 4.79 Å². The number of carbonyl (C=O) groups is 1. The van der Waals surface area contributed by atoms with Crippen molar-refractivity contribution in [3.05, 3.63) is 28.7 Å². The van der Waals surface area contributed by atoms with Gasteiger partial charge in [0.15, 0.2) is 0 Å². The zero-order valence-electron chi connectivity index (χ0n) is 11.4. The highest BCUT2D eigenvalue weighted by Crippen LogP contribution is 2.21. The first-order valence-corrected chi connectivity index (χ1v) is 7.71. The first-order chi connectivity index (χ1) is 9.15. The highest BCUT2D eigenvalue weighted by atomic mass is 79.9. The van der Waals surface area contributed by atoms with Gasteiger partial charge in [-0.2, -0.15) is 0 Å². The van der Waals surface area contributed by atoms with Crippen molar-refractivity contribution < 1.29 is 4.79 Å². The van der Waals surface area contributed by atoms with Crippen LogP contribution in [-0.2, 0) is 4.79 Å². The second-order valence-electron chi connectivity index (χ2n) is 5.33. The molecule has 1 aliphatic rings. The third-order valence-electron chi connectivity index (χ3n) is 3.54. The predicted octanol–water partition coefficient (Wildman–Crippen LogP) is 3.51. The van der Waals surface area contributed by atoms with E-state index in [9.17, 15) is 4.79 Å². The summed E-state index contributed by atoms with van der Waals surface area (Å²) in [5.74, 6) is 0.852. The molecule has 1 fully saturated rings. The van der Waals surface area contributed by atoms with E-state index < -0.39 is 0 Å². The summed E-state index contributed by atoms with van der Waals surface area (Å²) in [6.45, 7) is 5.41. The number of halogens is 1. The van der Waals surface area contributed by atoms with Crippen molar-refractivity contribution >= 4 is 27.5 Å². The number of piperidine rings is 1. The number of carbonyl (C=O) groups excluding carboxylic acids is 1. The number of anilines is 1. The van der Waals surface area contributed by atoms with Crippen LogP contribution in [0.2, 0.25) is 0 Å². The van der Waals surface area contributed by atoms with Gasteiger partial charge in [0.1, 0.15) is 0 Å². The number of hydrogen-bond acceptors (Lipinski definition) is 2. The molecule has 3 nitrogen and oxygen atoms in total. The molecular weight excluding hydrogens is 304 g/mol. The lowest BCUT2D eigenvalue weighted by Gasteiger charge is -2.30. The number of benzene rings is 1. The highest BCUT2D eigenvalue weighted by Gasteiger charge is 2.16. The number of hydrogen-bond donors (Lipinski definition) is 1. The Balaban J connectivity index is 1.77. The largest absolute Gasteiger partial charge is 0.325 e. The minimum atomic E-state index is 0.0881. The second-order valence-corrected chi connectivity index (χ2v) is 6.18. The number of nitrogens with one attached hydrogen (secondary N) is 1. The molecule has 1 aromatic carbocycles. The fourth-order valence-electron chi connectivity index (χ4n) is 2.52. The van der Waals surface area contributed by atoms with E-state index in [-0.39, 0.29) is 5.91 Å². The maximum absolute atomic E-state index is 11.9. The number of rotatable bonds is 4. The Hall–Kier alpha value is -0.870. The van der Waals surface area contributed by atoms with Crippen LogP contribution in [0.3, 0.4) is 0 Å². The molecule has 0 aromatic heterocycles. The normalized spacial score (nSPS) is 20.2. The molecular formula is C15H21BrN2O. The van der Waals surface area contributed by atoms with Gasteiger partial charge in [-0.15, -0.1) is 0 Å². The summed E-state index contributed by atoms with van der Waals surface area (Å²) in [6.07, 6.45) is 3.14. The summed E-state index contributed by atoms with van der Waals surface area (Å²) >= 11 is 3.44. The Kier molecular flexibility index (Phi) is 5.40. The molecule has 1 N–H and O–H groups in total. The monoisotopic (exact) mass is 324 g/mol. The Bertz CT molecular complexity index is 436. The predicted molar refractivity (Wildman–Crippen MR) is 82.2 cm³/mol. The van der Waals surface area contributed by atoms with Crippen molar-refractivity contribution in [1.29, 1.82) is 0 Å². The first-order valence-electron chi connectivity index (χ1n) is 6.92. The lowest BCUT2D eigenvalue weighted by atomic mass is 10.0. The molecule has 1 saturated heterocycles. The number of para-hydroxylation sites is 1. The number of amides is 1. The van der Waals surface area contributed by atoms with Crippen molar-refractivity contribution in [1.82, 2.24) is 4.90 Å². The third-order valence-corrected chi connectivity index (χ3v) is 4.24. The van der Waals surface area contributed by atoms with Gasteiger partial charge < -0.3 is 10.2 Å². The molecule has 0 saturated carbocycles. The topological polar surface area (TPSA) is 32.3 Å². The highest BCUT2D eigenvalue weighted by molar-refractivity contribution is 9.10. The van der Waals surface area contributed by atoms with E-state index in [1.54, 1.807) is 0 Å². The van der Waals surface area contributed by atoms with Crippen molar-refractivity contribution in [3.63, 3.8) is 0 Å². The average Bonchev–Trinajstić information content (AvgIpc) is 2.39. The van der Waals surface area contributed by atoms with Crippen molar-refractivity contribution in [2.45, 2.75) is 26.2 Å². The molecule has 1 amide bonds. The van der Waals surface area contributed by atoms with Gasteiger partial charge >= 0.3 is 0 Å². The van der Waals surface area contributed by atoms with Gasteiger partial charge in [0.2, 0.25) is 5.91 Å². The average molecular weight is 325 g/mol. The molecule has 1 aromatic rings. The van der Waals surface area contributed by atoms with Crippen molar-refractivity contribution in [2.24, 2.45) is 5.92 Å². The van der Waals surface area contributed by atoms with Gasteiger partial charge in [0, 0.05) is 24.0 Å². The van der Waals surface area contributed by atoms with Gasteiger partial charge in [0.05, 0.1) is 5.69 Å². The van der Waals surface area contributed by atoms with Crippen LogP contribution in [-0.4, -0.2) is 30.4 Å². The van der Waals surface area contributed by atoms with Crippen LogP contribution in [0.25, 0.3) is 0 Å². The van der Waals surface area contributed by atoms with Crippen LogP contribution < -0.4 is 5.32 Å². The van der Waals surface area contributed by atoms with Gasteiger partial charge in [0.25, 0.3) is 0 Å². The molecule has 0 radical (unpaired) electrons. The summed E-state index contributed by atoms with van der Waals surface area (Å²) in [6, 6.07) is 7.70. The van der Waals surface area contributed by atoms with Gasteiger partial charge in [-0.25, -0.2) is 0 Å². The van der Waals surface area contributed by atoms with Crippen LogP contribution in [0.4, 0.5) is 5.69 Å². The fraction of sp³-hybridized carbons (Fsp3) is 0.533. The summed E-state index contributed by atoms with van der Waals surface area (Å²) in [7, 11) is 0. The summed E-state index contributed by atoms with van der Waals surface area (Å²) in [4.78, 5) is 14.3. The van der Waals surface area contributed by atoms with Gasteiger partial charge in [-0.05, 0) is 53.4 Å². The van der Waals surface area contributed by atoms with Crippen molar-refractivity contribution in [2.75, 3.05) is 25.0 Å². The Morgan fingerprint density at radius 2 is 2.26 bits per heavy atom. The molecule has 0 spiro atoms. The molecule has 1 aliphatic heterocycles. The zero-order chi connectivity index (χ0) is 13.7.